The van der Waals surface area contributed by atoms with Gasteiger partial charge in [0.25, 0.3) is 0 Å². The Morgan fingerprint density at radius 3 is 2.56 bits per heavy atom. The summed E-state index contributed by atoms with van der Waals surface area (Å²) in [5.74, 6) is 0.716. The molecule has 1 aliphatic carbocycles. The van der Waals surface area contributed by atoms with Gasteiger partial charge in [0.2, 0.25) is 0 Å². The predicted octanol–water partition coefficient (Wildman–Crippen LogP) is 4.36. The minimum Gasteiger partial charge on any atom is -0.309 e. The van der Waals surface area contributed by atoms with Gasteiger partial charge >= 0.3 is 0 Å². The van der Waals surface area contributed by atoms with E-state index >= 15 is 0 Å². The van der Waals surface area contributed by atoms with Crippen molar-refractivity contribution in [2.75, 3.05) is 12.8 Å². The maximum Gasteiger partial charge on any atom is 0.0323 e. The van der Waals surface area contributed by atoms with Crippen molar-refractivity contribution >= 4 is 11.8 Å². The summed E-state index contributed by atoms with van der Waals surface area (Å²) in [5, 5.41) is 3.77. The average molecular weight is 263 g/mol. The van der Waals surface area contributed by atoms with Crippen LogP contribution in [0, 0.1) is 0 Å². The van der Waals surface area contributed by atoms with Crippen molar-refractivity contribution in [3.05, 3.63) is 35.4 Å². The molecule has 0 heterocycles. The topological polar surface area (TPSA) is 12.0 Å². The highest BCUT2D eigenvalue weighted by atomic mass is 32.2. The Bertz CT molecular complexity index is 400. The third kappa shape index (κ3) is 3.10. The lowest BCUT2D eigenvalue weighted by Crippen LogP contribution is -2.36. The van der Waals surface area contributed by atoms with Crippen molar-refractivity contribution in [2.24, 2.45) is 0 Å². The van der Waals surface area contributed by atoms with Gasteiger partial charge in [0, 0.05) is 17.3 Å². The summed E-state index contributed by atoms with van der Waals surface area (Å²) in [5.41, 5.74) is 3.07. The van der Waals surface area contributed by atoms with E-state index in [2.05, 4.69) is 56.6 Å². The maximum absolute atomic E-state index is 3.77. The summed E-state index contributed by atoms with van der Waals surface area (Å²) in [7, 11) is 0. The molecule has 18 heavy (non-hydrogen) atoms. The van der Waals surface area contributed by atoms with Gasteiger partial charge in [-0.1, -0.05) is 31.2 Å². The van der Waals surface area contributed by atoms with E-state index in [0.29, 0.717) is 16.7 Å². The summed E-state index contributed by atoms with van der Waals surface area (Å²) < 4.78 is 0.317. The van der Waals surface area contributed by atoms with E-state index in [1.165, 1.54) is 18.4 Å². The summed E-state index contributed by atoms with van der Waals surface area (Å²) in [6.07, 6.45) is 4.76. The van der Waals surface area contributed by atoms with Gasteiger partial charge in [0.05, 0.1) is 0 Å². The van der Waals surface area contributed by atoms with Crippen LogP contribution in [0.25, 0.3) is 0 Å². The number of thioether (sulfide) groups is 1. The molecule has 0 bridgehead atoms. The predicted molar refractivity (Wildman–Crippen MR) is 82.4 cm³/mol. The smallest absolute Gasteiger partial charge is 0.0323 e. The molecule has 2 atom stereocenters. The standard InChI is InChI=1S/C16H25NS/c1-12-9-10-15(17-11-16(2,3)18-4)14-8-6-5-7-13(12)14/h5-8,12,15,17H,9-11H2,1-4H3. The van der Waals surface area contributed by atoms with Crippen molar-refractivity contribution in [2.45, 2.75) is 50.3 Å². The molecule has 0 aromatic heterocycles. The molecule has 1 aliphatic rings. The normalized spacial score (nSPS) is 23.8. The molecule has 2 rings (SSSR count). The fourth-order valence-electron chi connectivity index (χ4n) is 2.66. The number of hydrogen-bond donors (Lipinski definition) is 1. The molecule has 0 spiro atoms. The zero-order chi connectivity index (χ0) is 13.2. The van der Waals surface area contributed by atoms with Gasteiger partial charge in [0.1, 0.15) is 0 Å². The van der Waals surface area contributed by atoms with Crippen LogP contribution in [0.1, 0.15) is 56.7 Å². The van der Waals surface area contributed by atoms with Crippen molar-refractivity contribution in [1.29, 1.82) is 0 Å². The van der Waals surface area contributed by atoms with Crippen LogP contribution in [0.3, 0.4) is 0 Å². The van der Waals surface area contributed by atoms with Crippen molar-refractivity contribution in [1.82, 2.24) is 5.32 Å². The van der Waals surface area contributed by atoms with Gasteiger partial charge in [-0.25, -0.2) is 0 Å². The van der Waals surface area contributed by atoms with E-state index in [1.54, 1.807) is 5.56 Å². The summed E-state index contributed by atoms with van der Waals surface area (Å²) in [4.78, 5) is 0. The third-order valence-corrected chi connectivity index (χ3v) is 5.37. The van der Waals surface area contributed by atoms with E-state index in [4.69, 9.17) is 0 Å². The molecule has 100 valence electrons. The summed E-state index contributed by atoms with van der Waals surface area (Å²) in [6.45, 7) is 8.03. The van der Waals surface area contributed by atoms with Gasteiger partial charge in [-0.3, -0.25) is 0 Å². The first-order valence-corrected chi connectivity index (χ1v) is 8.13. The lowest BCUT2D eigenvalue weighted by atomic mass is 9.81. The van der Waals surface area contributed by atoms with Crippen LogP contribution in [-0.4, -0.2) is 17.5 Å². The lowest BCUT2D eigenvalue weighted by Gasteiger charge is -2.33. The van der Waals surface area contributed by atoms with Crippen molar-refractivity contribution < 1.29 is 0 Å². The quantitative estimate of drug-likeness (QED) is 0.866. The van der Waals surface area contributed by atoms with Crippen LogP contribution >= 0.6 is 11.8 Å². The molecule has 2 unspecified atom stereocenters. The van der Waals surface area contributed by atoms with Crippen LogP contribution in [0.5, 0.6) is 0 Å². The van der Waals surface area contributed by atoms with Crippen molar-refractivity contribution in [3.63, 3.8) is 0 Å². The first-order chi connectivity index (χ1) is 8.53. The Morgan fingerprint density at radius 1 is 1.22 bits per heavy atom. The average Bonchev–Trinajstić information content (AvgIpc) is 2.38. The molecule has 2 heteroatoms. The Morgan fingerprint density at radius 2 is 1.89 bits per heavy atom. The second-order valence-corrected chi connectivity index (χ2v) is 7.52. The molecule has 0 amide bonds. The van der Waals surface area contributed by atoms with E-state index < -0.39 is 0 Å². The molecule has 1 aromatic carbocycles. The molecule has 0 radical (unpaired) electrons. The summed E-state index contributed by atoms with van der Waals surface area (Å²) >= 11 is 1.94. The van der Waals surface area contributed by atoms with E-state index in [9.17, 15) is 0 Å². The minimum atomic E-state index is 0.317. The Kier molecular flexibility index (Phi) is 4.39. The molecule has 1 aromatic rings. The third-order valence-electron chi connectivity index (χ3n) is 4.12. The first kappa shape index (κ1) is 14.0. The zero-order valence-corrected chi connectivity index (χ0v) is 12.8. The van der Waals surface area contributed by atoms with Crippen LogP contribution in [0.15, 0.2) is 24.3 Å². The monoisotopic (exact) mass is 263 g/mol. The number of fused-ring (bicyclic) bond motifs is 1. The fourth-order valence-corrected chi connectivity index (χ4v) is 2.89. The molecule has 0 aliphatic heterocycles. The molecule has 1 nitrogen and oxygen atoms in total. The van der Waals surface area contributed by atoms with Crippen LogP contribution in [0.4, 0.5) is 0 Å². The van der Waals surface area contributed by atoms with Gasteiger partial charge in [-0.15, -0.1) is 0 Å². The second kappa shape index (κ2) is 5.66. The molecule has 0 saturated carbocycles. The first-order valence-electron chi connectivity index (χ1n) is 6.91. The Balaban J connectivity index is 2.10. The molecular formula is C16H25NS. The minimum absolute atomic E-state index is 0.317. The SMILES string of the molecule is CSC(C)(C)CNC1CCC(C)c2ccccc21. The van der Waals surface area contributed by atoms with Crippen molar-refractivity contribution in [3.8, 4) is 0 Å². The number of nitrogens with one attached hydrogen (secondary N) is 1. The molecule has 0 saturated heterocycles. The molecular weight excluding hydrogens is 238 g/mol. The highest BCUT2D eigenvalue weighted by molar-refractivity contribution is 7.99. The van der Waals surface area contributed by atoms with Gasteiger partial charge < -0.3 is 5.32 Å². The lowest BCUT2D eigenvalue weighted by molar-refractivity contribution is 0.417. The van der Waals surface area contributed by atoms with Gasteiger partial charge in [-0.2, -0.15) is 11.8 Å². The largest absolute Gasteiger partial charge is 0.309 e. The maximum atomic E-state index is 3.77. The number of benzene rings is 1. The van der Waals surface area contributed by atoms with Gasteiger partial charge in [0.15, 0.2) is 0 Å². The highest BCUT2D eigenvalue weighted by Crippen LogP contribution is 2.37. The van der Waals surface area contributed by atoms with E-state index in [0.717, 1.165) is 6.54 Å². The fraction of sp³-hybridized carbons (Fsp3) is 0.625. The van der Waals surface area contributed by atoms with E-state index in [1.807, 2.05) is 11.8 Å². The van der Waals surface area contributed by atoms with Crippen LogP contribution < -0.4 is 5.32 Å². The van der Waals surface area contributed by atoms with E-state index in [-0.39, 0.29) is 0 Å². The second-order valence-electron chi connectivity index (χ2n) is 6.00. The molecule has 1 N–H and O–H groups in total. The van der Waals surface area contributed by atoms with Crippen LogP contribution in [0.2, 0.25) is 0 Å². The van der Waals surface area contributed by atoms with Gasteiger partial charge in [-0.05, 0) is 50.0 Å². The summed E-state index contributed by atoms with van der Waals surface area (Å²) in [6, 6.07) is 9.49. The van der Waals surface area contributed by atoms with Crippen LogP contribution in [-0.2, 0) is 0 Å². The Labute approximate surface area is 116 Å². The number of hydrogen-bond acceptors (Lipinski definition) is 2. The number of rotatable bonds is 4. The molecule has 0 fully saturated rings. The zero-order valence-electron chi connectivity index (χ0n) is 12.0. The highest BCUT2D eigenvalue weighted by Gasteiger charge is 2.25. The Hall–Kier alpha value is -0.470.